The molecule has 0 aliphatic heterocycles. The lowest BCUT2D eigenvalue weighted by molar-refractivity contribution is 0.419. The number of nitrogens with zero attached hydrogens (tertiary/aromatic N) is 2. The molecule has 1 aromatic heterocycles. The first-order chi connectivity index (χ1) is 9.69. The molecule has 3 rings (SSSR count). The minimum absolute atomic E-state index is 0.490. The Labute approximate surface area is 125 Å². The number of benzene rings is 2. The number of nitrogen functional groups attached to an aromatic ring is 1. The van der Waals surface area contributed by atoms with Crippen LogP contribution in [0, 0.1) is 0 Å². The molecule has 20 heavy (non-hydrogen) atoms. The molecule has 4 nitrogen and oxygen atoms in total. The lowest BCUT2D eigenvalue weighted by Gasteiger charge is -2.07. The normalized spacial score (nSPS) is 10.9. The molecule has 0 spiro atoms. The molecule has 2 aromatic carbocycles. The van der Waals surface area contributed by atoms with Gasteiger partial charge in [0.1, 0.15) is 11.3 Å². The van der Waals surface area contributed by atoms with Gasteiger partial charge in [-0.25, -0.2) is 4.98 Å². The number of aromatic nitrogens is 2. The predicted molar refractivity (Wildman–Crippen MR) is 83.9 cm³/mol. The van der Waals surface area contributed by atoms with E-state index in [-0.39, 0.29) is 0 Å². The highest BCUT2D eigenvalue weighted by atomic mass is 79.9. The monoisotopic (exact) mass is 331 g/mol. The Morgan fingerprint density at radius 3 is 2.80 bits per heavy atom. The number of ether oxygens (including phenoxy) is 1. The molecule has 3 aromatic rings. The molecule has 5 heteroatoms. The molecule has 0 fully saturated rings. The van der Waals surface area contributed by atoms with E-state index in [0.717, 1.165) is 26.8 Å². The summed E-state index contributed by atoms with van der Waals surface area (Å²) in [5.41, 5.74) is 8.98. The van der Waals surface area contributed by atoms with Crippen LogP contribution in [0.3, 0.4) is 0 Å². The number of anilines is 1. The van der Waals surface area contributed by atoms with Gasteiger partial charge in [-0.3, -0.25) is 0 Å². The second-order valence-corrected chi connectivity index (χ2v) is 5.43. The molecule has 0 aliphatic rings. The van der Waals surface area contributed by atoms with Crippen molar-refractivity contribution in [2.45, 2.75) is 6.54 Å². The third kappa shape index (κ3) is 2.25. The molecule has 0 bridgehead atoms. The van der Waals surface area contributed by atoms with Crippen LogP contribution in [-0.4, -0.2) is 16.7 Å². The van der Waals surface area contributed by atoms with Gasteiger partial charge in [0.2, 0.25) is 5.95 Å². The molecule has 0 unspecified atom stereocenters. The number of hydrogen-bond donors (Lipinski definition) is 1. The van der Waals surface area contributed by atoms with Gasteiger partial charge in [0.05, 0.1) is 19.2 Å². The van der Waals surface area contributed by atoms with Crippen molar-refractivity contribution in [1.82, 2.24) is 9.55 Å². The van der Waals surface area contributed by atoms with Gasteiger partial charge in [-0.1, -0.05) is 34.1 Å². The van der Waals surface area contributed by atoms with Gasteiger partial charge in [-0.2, -0.15) is 0 Å². The van der Waals surface area contributed by atoms with Gasteiger partial charge in [0.25, 0.3) is 0 Å². The fraction of sp³-hybridized carbons (Fsp3) is 0.133. The molecule has 2 N–H and O–H groups in total. The number of para-hydroxylation sites is 1. The SMILES string of the molecule is COc1cccc2c1nc(N)n2Cc1cccc(Br)c1. The van der Waals surface area contributed by atoms with Crippen LogP contribution in [0.2, 0.25) is 0 Å². The lowest BCUT2D eigenvalue weighted by atomic mass is 10.2. The van der Waals surface area contributed by atoms with E-state index in [1.54, 1.807) is 7.11 Å². The second-order valence-electron chi connectivity index (χ2n) is 4.51. The van der Waals surface area contributed by atoms with E-state index in [1.165, 1.54) is 0 Å². The van der Waals surface area contributed by atoms with Gasteiger partial charge in [-0.15, -0.1) is 0 Å². The maximum Gasteiger partial charge on any atom is 0.201 e. The maximum absolute atomic E-state index is 6.05. The third-order valence-corrected chi connectivity index (χ3v) is 3.71. The van der Waals surface area contributed by atoms with E-state index in [9.17, 15) is 0 Å². The summed E-state index contributed by atoms with van der Waals surface area (Å²) in [5, 5.41) is 0. The Morgan fingerprint density at radius 1 is 1.25 bits per heavy atom. The summed E-state index contributed by atoms with van der Waals surface area (Å²) in [6, 6.07) is 14.0. The van der Waals surface area contributed by atoms with Crippen LogP contribution in [-0.2, 0) is 6.54 Å². The first kappa shape index (κ1) is 13.0. The van der Waals surface area contributed by atoms with Crippen molar-refractivity contribution >= 4 is 32.9 Å². The van der Waals surface area contributed by atoms with Crippen molar-refractivity contribution in [2.24, 2.45) is 0 Å². The van der Waals surface area contributed by atoms with E-state index in [0.29, 0.717) is 12.5 Å². The summed E-state index contributed by atoms with van der Waals surface area (Å²) < 4.78 is 8.36. The molecule has 0 aliphatic carbocycles. The number of imidazole rings is 1. The molecule has 0 saturated heterocycles. The van der Waals surface area contributed by atoms with Crippen LogP contribution in [0.5, 0.6) is 5.75 Å². The van der Waals surface area contributed by atoms with Crippen molar-refractivity contribution in [3.63, 3.8) is 0 Å². The zero-order valence-corrected chi connectivity index (χ0v) is 12.6. The second kappa shape index (κ2) is 5.17. The molecular formula is C15H14BrN3O. The van der Waals surface area contributed by atoms with Crippen LogP contribution in [0.1, 0.15) is 5.56 Å². The van der Waals surface area contributed by atoms with Crippen molar-refractivity contribution in [3.05, 3.63) is 52.5 Å². The fourth-order valence-electron chi connectivity index (χ4n) is 2.29. The van der Waals surface area contributed by atoms with E-state index >= 15 is 0 Å². The lowest BCUT2D eigenvalue weighted by Crippen LogP contribution is -2.04. The molecular weight excluding hydrogens is 318 g/mol. The van der Waals surface area contributed by atoms with Crippen molar-refractivity contribution in [2.75, 3.05) is 12.8 Å². The minimum Gasteiger partial charge on any atom is -0.494 e. The first-order valence-corrected chi connectivity index (χ1v) is 7.01. The maximum atomic E-state index is 6.05. The van der Waals surface area contributed by atoms with Crippen LogP contribution in [0.4, 0.5) is 5.95 Å². The topological polar surface area (TPSA) is 53.1 Å². The van der Waals surface area contributed by atoms with Gasteiger partial charge in [0, 0.05) is 4.47 Å². The average Bonchev–Trinajstić information content (AvgIpc) is 2.75. The van der Waals surface area contributed by atoms with E-state index in [4.69, 9.17) is 10.5 Å². The van der Waals surface area contributed by atoms with Crippen molar-refractivity contribution in [1.29, 1.82) is 0 Å². The average molecular weight is 332 g/mol. The number of rotatable bonds is 3. The molecule has 102 valence electrons. The van der Waals surface area contributed by atoms with Crippen molar-refractivity contribution in [3.8, 4) is 5.75 Å². The Balaban J connectivity index is 2.10. The Hall–Kier alpha value is -2.01. The third-order valence-electron chi connectivity index (χ3n) is 3.22. The van der Waals surface area contributed by atoms with E-state index in [2.05, 4.69) is 33.0 Å². The summed E-state index contributed by atoms with van der Waals surface area (Å²) >= 11 is 3.48. The number of hydrogen-bond acceptors (Lipinski definition) is 3. The highest BCUT2D eigenvalue weighted by molar-refractivity contribution is 9.10. The molecule has 0 saturated carbocycles. The van der Waals surface area contributed by atoms with Crippen LogP contribution in [0.25, 0.3) is 11.0 Å². The van der Waals surface area contributed by atoms with Crippen LogP contribution < -0.4 is 10.5 Å². The Bertz CT molecular complexity index is 767. The smallest absolute Gasteiger partial charge is 0.201 e. The zero-order valence-electron chi connectivity index (χ0n) is 11.0. The zero-order chi connectivity index (χ0) is 14.1. The molecule has 0 atom stereocenters. The summed E-state index contributed by atoms with van der Waals surface area (Å²) in [4.78, 5) is 4.41. The number of halogens is 1. The number of methoxy groups -OCH3 is 1. The van der Waals surface area contributed by atoms with Gasteiger partial charge < -0.3 is 15.0 Å². The highest BCUT2D eigenvalue weighted by Crippen LogP contribution is 2.27. The summed E-state index contributed by atoms with van der Waals surface area (Å²) in [6.07, 6.45) is 0. The van der Waals surface area contributed by atoms with Gasteiger partial charge in [0.15, 0.2) is 0 Å². The fourth-order valence-corrected chi connectivity index (χ4v) is 2.73. The minimum atomic E-state index is 0.490. The summed E-state index contributed by atoms with van der Waals surface area (Å²) in [5.74, 6) is 1.23. The number of nitrogens with two attached hydrogens (primary N) is 1. The highest BCUT2D eigenvalue weighted by Gasteiger charge is 2.12. The largest absolute Gasteiger partial charge is 0.494 e. The summed E-state index contributed by atoms with van der Waals surface area (Å²) in [7, 11) is 1.64. The van der Waals surface area contributed by atoms with E-state index < -0.39 is 0 Å². The Morgan fingerprint density at radius 2 is 2.05 bits per heavy atom. The molecule has 0 amide bonds. The van der Waals surface area contributed by atoms with E-state index in [1.807, 2.05) is 34.9 Å². The number of fused-ring (bicyclic) bond motifs is 1. The van der Waals surface area contributed by atoms with Crippen molar-refractivity contribution < 1.29 is 4.74 Å². The Kier molecular flexibility index (Phi) is 3.36. The van der Waals surface area contributed by atoms with Gasteiger partial charge >= 0.3 is 0 Å². The van der Waals surface area contributed by atoms with Crippen LogP contribution in [0.15, 0.2) is 46.9 Å². The standard InChI is InChI=1S/C15H14BrN3O/c1-20-13-7-3-6-12-14(13)18-15(17)19(12)9-10-4-2-5-11(16)8-10/h2-8H,9H2,1H3,(H2,17,18). The predicted octanol–water partition coefficient (Wildman–Crippen LogP) is 3.44. The summed E-state index contributed by atoms with van der Waals surface area (Å²) in [6.45, 7) is 0.676. The molecule has 0 radical (unpaired) electrons. The first-order valence-electron chi connectivity index (χ1n) is 6.22. The van der Waals surface area contributed by atoms with Crippen LogP contribution >= 0.6 is 15.9 Å². The molecule has 1 heterocycles. The quantitative estimate of drug-likeness (QED) is 0.799. The van der Waals surface area contributed by atoms with Gasteiger partial charge in [-0.05, 0) is 29.8 Å².